The second-order valence-corrected chi connectivity index (χ2v) is 8.78. The molecule has 1 aliphatic heterocycles. The summed E-state index contributed by atoms with van der Waals surface area (Å²) in [4.78, 5) is 22.1. The van der Waals surface area contributed by atoms with Gasteiger partial charge in [-0.15, -0.1) is 0 Å². The summed E-state index contributed by atoms with van der Waals surface area (Å²) in [6.45, 7) is 2.49. The van der Waals surface area contributed by atoms with Crippen LogP contribution in [-0.4, -0.2) is 45.0 Å². The van der Waals surface area contributed by atoms with Gasteiger partial charge in [-0.25, -0.2) is 0 Å². The van der Waals surface area contributed by atoms with E-state index >= 15 is 0 Å². The minimum Gasteiger partial charge on any atom is -0.550 e. The maximum absolute atomic E-state index is 12.3. The van der Waals surface area contributed by atoms with Crippen LogP contribution < -0.4 is 19.3 Å². The highest BCUT2D eigenvalue weighted by atomic mass is 16.5. The number of phenolic OH excluding ortho intramolecular Hbond substituents is 1. The van der Waals surface area contributed by atoms with Gasteiger partial charge in [0.15, 0.2) is 23.0 Å². The first-order chi connectivity index (χ1) is 17.3. The largest absolute Gasteiger partial charge is 0.550 e. The predicted octanol–water partition coefficient (Wildman–Crippen LogP) is 3.70. The number of rotatable bonds is 12. The number of phenols is 1. The smallest absolute Gasteiger partial charge is 0.309 e. The lowest BCUT2D eigenvalue weighted by molar-refractivity contribution is -0.305. The van der Waals surface area contributed by atoms with Gasteiger partial charge in [0, 0.05) is 11.9 Å². The lowest BCUT2D eigenvalue weighted by atomic mass is 9.85. The van der Waals surface area contributed by atoms with E-state index < -0.39 is 5.97 Å². The van der Waals surface area contributed by atoms with E-state index in [0.717, 1.165) is 36.8 Å². The van der Waals surface area contributed by atoms with E-state index in [4.69, 9.17) is 18.9 Å². The third-order valence-corrected chi connectivity index (χ3v) is 6.19. The van der Waals surface area contributed by atoms with E-state index in [1.165, 1.54) is 7.11 Å². The topological polar surface area (TPSA) is 114 Å². The third-order valence-electron chi connectivity index (χ3n) is 6.19. The fourth-order valence-electron chi connectivity index (χ4n) is 4.17. The zero-order valence-electron chi connectivity index (χ0n) is 21.6. The number of methoxy groups -OCH3 is 3. The van der Waals surface area contributed by atoms with Gasteiger partial charge in [0.2, 0.25) is 0 Å². The van der Waals surface area contributed by atoms with Crippen LogP contribution in [0.2, 0.25) is 0 Å². The lowest BCUT2D eigenvalue weighted by Gasteiger charge is -2.17. The number of hydrogen-bond donors (Lipinski definition) is 1. The number of hydrogen-bond acceptors (Lipinski definition) is 8. The van der Waals surface area contributed by atoms with Crippen molar-refractivity contribution in [2.75, 3.05) is 27.9 Å². The summed E-state index contributed by atoms with van der Waals surface area (Å²) in [5.74, 6) is 0.529. The molecular weight excluding hydrogens is 464 g/mol. The molecule has 3 rings (SSSR count). The Bertz CT molecular complexity index is 988. The molecule has 1 N–H and O–H groups in total. The number of benzene rings is 2. The zero-order valence-corrected chi connectivity index (χ0v) is 21.6. The number of unbranched alkanes of at least 4 members (excludes halogenated alkanes) is 3. The van der Waals surface area contributed by atoms with Crippen LogP contribution in [0.15, 0.2) is 36.4 Å². The van der Waals surface area contributed by atoms with Gasteiger partial charge >= 0.3 is 5.97 Å². The molecule has 1 saturated heterocycles. The van der Waals surface area contributed by atoms with E-state index in [-0.39, 0.29) is 30.0 Å². The molecule has 8 heteroatoms. The molecule has 0 saturated carbocycles. The van der Waals surface area contributed by atoms with E-state index in [0.29, 0.717) is 36.7 Å². The monoisotopic (exact) mass is 501 g/mol. The zero-order chi connectivity index (χ0) is 26.5. The number of cyclic esters (lactones) is 1. The number of ether oxygens (including phenoxy) is 4. The van der Waals surface area contributed by atoms with Crippen LogP contribution in [0.25, 0.3) is 0 Å². The van der Waals surface area contributed by atoms with Crippen LogP contribution in [0.1, 0.15) is 50.2 Å². The van der Waals surface area contributed by atoms with Gasteiger partial charge in [0.25, 0.3) is 0 Å². The fraction of sp³-hybridized carbons (Fsp3) is 0.500. The summed E-state index contributed by atoms with van der Waals surface area (Å²) < 4.78 is 21.1. The summed E-state index contributed by atoms with van der Waals surface area (Å²) >= 11 is 0. The van der Waals surface area contributed by atoms with Gasteiger partial charge < -0.3 is 34.0 Å². The number of carboxylic acid groups (broad SMARTS) is 1. The molecule has 36 heavy (non-hydrogen) atoms. The highest BCUT2D eigenvalue weighted by molar-refractivity contribution is 5.75. The summed E-state index contributed by atoms with van der Waals surface area (Å²) in [5.41, 5.74) is 1.98. The number of carbonyl (C=O) groups excluding carboxylic acids is 2. The first kappa shape index (κ1) is 28.8. The van der Waals surface area contributed by atoms with Crippen molar-refractivity contribution in [3.63, 3.8) is 0 Å². The van der Waals surface area contributed by atoms with Gasteiger partial charge in [-0.3, -0.25) is 4.79 Å². The van der Waals surface area contributed by atoms with E-state index in [1.807, 2.05) is 18.2 Å². The maximum atomic E-state index is 12.3. The number of aromatic hydroxyl groups is 1. The predicted molar refractivity (Wildman–Crippen MR) is 133 cm³/mol. The minimum absolute atomic E-state index is 0.0652. The Morgan fingerprint density at radius 1 is 0.944 bits per heavy atom. The maximum Gasteiger partial charge on any atom is 0.309 e. The van der Waals surface area contributed by atoms with Crippen molar-refractivity contribution in [3.05, 3.63) is 47.5 Å². The Balaban J connectivity index is 0.000000434. The quantitative estimate of drug-likeness (QED) is 0.346. The Kier molecular flexibility index (Phi) is 11.9. The fourth-order valence-corrected chi connectivity index (χ4v) is 4.17. The van der Waals surface area contributed by atoms with Crippen LogP contribution in [0.3, 0.4) is 0 Å². The van der Waals surface area contributed by atoms with Gasteiger partial charge in [0.1, 0.15) is 0 Å². The number of aliphatic carboxylic acids is 1. The highest BCUT2D eigenvalue weighted by Gasteiger charge is 2.37. The van der Waals surface area contributed by atoms with Crippen molar-refractivity contribution < 1.29 is 38.7 Å². The molecule has 0 aromatic heterocycles. The van der Waals surface area contributed by atoms with Crippen LogP contribution in [0, 0.1) is 11.8 Å². The molecule has 0 bridgehead atoms. The molecule has 0 amide bonds. The molecule has 0 aliphatic carbocycles. The Morgan fingerprint density at radius 3 is 2.22 bits per heavy atom. The average molecular weight is 502 g/mol. The summed E-state index contributed by atoms with van der Waals surface area (Å²) in [6.07, 6.45) is 5.53. The van der Waals surface area contributed by atoms with Crippen LogP contribution in [-0.2, 0) is 27.2 Å². The average Bonchev–Trinajstić information content (AvgIpc) is 3.21. The van der Waals surface area contributed by atoms with Gasteiger partial charge in [-0.2, -0.15) is 0 Å². The number of esters is 1. The highest BCUT2D eigenvalue weighted by Crippen LogP contribution is 2.34. The lowest BCUT2D eigenvalue weighted by Crippen LogP contribution is -2.21. The molecule has 198 valence electrons. The van der Waals surface area contributed by atoms with Gasteiger partial charge in [-0.05, 0) is 61.1 Å². The van der Waals surface area contributed by atoms with E-state index in [2.05, 4.69) is 6.92 Å². The second-order valence-electron chi connectivity index (χ2n) is 8.78. The number of carbonyl (C=O) groups is 2. The Labute approximate surface area is 213 Å². The Morgan fingerprint density at radius 2 is 1.58 bits per heavy atom. The SMILES string of the molecule is CCCCCCC(=O)[O-].COc1cc(C[C@H]2C(=O)OC[C@@H]2Cc2ccc(OC)c(OC)c2)ccc1O. The number of carboxylic acids is 1. The van der Waals surface area contributed by atoms with Crippen molar-refractivity contribution in [2.45, 2.75) is 51.9 Å². The first-order valence-electron chi connectivity index (χ1n) is 12.3. The molecule has 2 aromatic rings. The van der Waals surface area contributed by atoms with Crippen molar-refractivity contribution in [1.29, 1.82) is 0 Å². The van der Waals surface area contributed by atoms with Crippen molar-refractivity contribution >= 4 is 11.9 Å². The van der Waals surface area contributed by atoms with Crippen LogP contribution in [0.5, 0.6) is 23.0 Å². The van der Waals surface area contributed by atoms with Crippen molar-refractivity contribution in [1.82, 2.24) is 0 Å². The molecule has 1 heterocycles. The summed E-state index contributed by atoms with van der Waals surface area (Å²) in [5, 5.41) is 19.6. The van der Waals surface area contributed by atoms with E-state index in [1.54, 1.807) is 32.4 Å². The van der Waals surface area contributed by atoms with Crippen molar-refractivity contribution in [2.24, 2.45) is 11.8 Å². The molecular formula is C28H37O8-. The van der Waals surface area contributed by atoms with Crippen LogP contribution in [0.4, 0.5) is 0 Å². The summed E-state index contributed by atoms with van der Waals surface area (Å²) in [6, 6.07) is 10.9. The second kappa shape index (κ2) is 14.9. The molecule has 2 aromatic carbocycles. The third kappa shape index (κ3) is 8.66. The van der Waals surface area contributed by atoms with Gasteiger partial charge in [0.05, 0.1) is 33.9 Å². The summed E-state index contributed by atoms with van der Waals surface area (Å²) in [7, 11) is 4.70. The molecule has 8 nitrogen and oxygen atoms in total. The molecule has 0 radical (unpaired) electrons. The van der Waals surface area contributed by atoms with E-state index in [9.17, 15) is 19.8 Å². The van der Waals surface area contributed by atoms with Gasteiger partial charge in [-0.1, -0.05) is 38.3 Å². The molecule has 1 fully saturated rings. The molecule has 0 unspecified atom stereocenters. The first-order valence-corrected chi connectivity index (χ1v) is 12.3. The molecule has 2 atom stereocenters. The van der Waals surface area contributed by atoms with Crippen molar-refractivity contribution in [3.8, 4) is 23.0 Å². The Hall–Kier alpha value is -3.42. The normalized spacial score (nSPS) is 16.5. The molecule has 0 spiro atoms. The molecule has 1 aliphatic rings. The van der Waals surface area contributed by atoms with Crippen LogP contribution >= 0.6 is 0 Å². The standard InChI is InChI=1S/C21H24O6.C7H14O2/c1-24-18-7-5-13(11-20(18)26-3)8-15-12-27-21(23)16(15)9-14-4-6-17(22)19(10-14)25-2;1-2-3-4-5-6-7(8)9/h4-7,10-11,15-16,22H,8-9,12H2,1-3H3;2-6H2,1H3,(H,8,9)/p-1/t15-,16+;/m0./s1. The minimum atomic E-state index is -0.925.